The molecular formula is C15H23N5O4. The Morgan fingerprint density at radius 3 is 3.00 bits per heavy atom. The summed E-state index contributed by atoms with van der Waals surface area (Å²) in [5, 5.41) is 15.2. The van der Waals surface area contributed by atoms with Crippen LogP contribution in [0.3, 0.4) is 0 Å². The van der Waals surface area contributed by atoms with Crippen LogP contribution in [0.5, 0.6) is 0 Å². The Morgan fingerprint density at radius 1 is 1.42 bits per heavy atom. The van der Waals surface area contributed by atoms with E-state index in [1.165, 1.54) is 7.05 Å². The molecule has 1 aromatic rings. The van der Waals surface area contributed by atoms with Crippen LogP contribution in [0, 0.1) is 5.41 Å². The van der Waals surface area contributed by atoms with Gasteiger partial charge in [-0.1, -0.05) is 5.16 Å². The maximum atomic E-state index is 12.8. The molecule has 0 bridgehead atoms. The van der Waals surface area contributed by atoms with Gasteiger partial charge in [0, 0.05) is 26.7 Å². The van der Waals surface area contributed by atoms with Gasteiger partial charge < -0.3 is 19.8 Å². The molecule has 1 unspecified atom stereocenters. The molecule has 2 aliphatic rings. The molecule has 2 saturated heterocycles. The average Bonchev–Trinajstić information content (AvgIpc) is 3.20. The Labute approximate surface area is 140 Å². The van der Waals surface area contributed by atoms with Crippen LogP contribution in [0.4, 0.5) is 0 Å². The van der Waals surface area contributed by atoms with Crippen LogP contribution in [0.15, 0.2) is 4.52 Å². The first-order valence-corrected chi connectivity index (χ1v) is 8.25. The number of aliphatic hydroxyl groups excluding tert-OH is 1. The Kier molecular flexibility index (Phi) is 4.81. The summed E-state index contributed by atoms with van der Waals surface area (Å²) in [5.74, 6) is 0.150. The van der Waals surface area contributed by atoms with Crippen molar-refractivity contribution in [2.75, 3.05) is 39.8 Å². The lowest BCUT2D eigenvalue weighted by atomic mass is 9.78. The Bertz CT molecular complexity index is 617. The van der Waals surface area contributed by atoms with Gasteiger partial charge in [0.2, 0.25) is 11.8 Å². The fraction of sp³-hybridized carbons (Fsp3) is 0.733. The summed E-state index contributed by atoms with van der Waals surface area (Å²) in [6, 6.07) is 0. The zero-order valence-corrected chi connectivity index (χ0v) is 13.8. The van der Waals surface area contributed by atoms with E-state index in [1.807, 2.05) is 0 Å². The SMILES string of the molecule is CNC(=O)c1noc(CN2CCC3(CCCN(CCO)C3=O)C2)n1. The summed E-state index contributed by atoms with van der Waals surface area (Å²) in [6.45, 7) is 2.97. The van der Waals surface area contributed by atoms with E-state index in [0.29, 0.717) is 25.5 Å². The molecule has 0 aromatic carbocycles. The molecule has 132 valence electrons. The Morgan fingerprint density at radius 2 is 2.25 bits per heavy atom. The van der Waals surface area contributed by atoms with Crippen molar-refractivity contribution in [1.29, 1.82) is 0 Å². The highest BCUT2D eigenvalue weighted by Gasteiger charge is 2.48. The third-order valence-electron chi connectivity index (χ3n) is 4.88. The van der Waals surface area contributed by atoms with E-state index in [-0.39, 0.29) is 29.7 Å². The highest BCUT2D eigenvalue weighted by atomic mass is 16.5. The summed E-state index contributed by atoms with van der Waals surface area (Å²) in [6.07, 6.45) is 2.63. The molecule has 0 saturated carbocycles. The van der Waals surface area contributed by atoms with Crippen molar-refractivity contribution in [1.82, 2.24) is 25.3 Å². The van der Waals surface area contributed by atoms with Crippen LogP contribution in [0.2, 0.25) is 0 Å². The summed E-state index contributed by atoms with van der Waals surface area (Å²) in [4.78, 5) is 32.2. The normalized spacial score (nSPS) is 24.8. The molecule has 1 atom stereocenters. The van der Waals surface area contributed by atoms with Crippen molar-refractivity contribution in [2.45, 2.75) is 25.8 Å². The Balaban J connectivity index is 1.63. The number of nitrogens with zero attached hydrogens (tertiary/aromatic N) is 4. The minimum absolute atomic E-state index is 0.00418. The van der Waals surface area contributed by atoms with Gasteiger partial charge in [-0.05, 0) is 25.8 Å². The van der Waals surface area contributed by atoms with E-state index in [9.17, 15) is 9.59 Å². The standard InChI is InChI=1S/C15H23N5O4/c1-16-13(22)12-17-11(24-18-12)9-19-6-4-15(10-19)3-2-5-20(7-8-21)14(15)23/h21H,2-10H2,1H3,(H,16,22). The minimum Gasteiger partial charge on any atom is -0.395 e. The highest BCUT2D eigenvalue weighted by molar-refractivity contribution is 5.89. The topological polar surface area (TPSA) is 112 Å². The van der Waals surface area contributed by atoms with Crippen molar-refractivity contribution >= 4 is 11.8 Å². The lowest BCUT2D eigenvalue weighted by Crippen LogP contribution is -2.50. The number of hydrogen-bond donors (Lipinski definition) is 2. The van der Waals surface area contributed by atoms with Crippen LogP contribution in [0.1, 0.15) is 35.8 Å². The van der Waals surface area contributed by atoms with Gasteiger partial charge in [0.25, 0.3) is 11.7 Å². The van der Waals surface area contributed by atoms with E-state index in [4.69, 9.17) is 9.63 Å². The van der Waals surface area contributed by atoms with Crippen molar-refractivity contribution in [3.63, 3.8) is 0 Å². The summed E-state index contributed by atoms with van der Waals surface area (Å²) < 4.78 is 5.12. The second-order valence-corrected chi connectivity index (χ2v) is 6.45. The maximum Gasteiger partial charge on any atom is 0.292 e. The van der Waals surface area contributed by atoms with Gasteiger partial charge in [0.1, 0.15) is 0 Å². The third kappa shape index (κ3) is 3.13. The van der Waals surface area contributed by atoms with E-state index in [1.54, 1.807) is 4.90 Å². The van der Waals surface area contributed by atoms with Gasteiger partial charge in [-0.25, -0.2) is 0 Å². The number of carbonyl (C=O) groups is 2. The molecule has 3 rings (SSSR count). The zero-order valence-electron chi connectivity index (χ0n) is 13.8. The Hall–Kier alpha value is -2.00. The number of piperidine rings is 1. The quantitative estimate of drug-likeness (QED) is 0.726. The average molecular weight is 337 g/mol. The smallest absolute Gasteiger partial charge is 0.292 e. The van der Waals surface area contributed by atoms with E-state index >= 15 is 0 Å². The first kappa shape index (κ1) is 16.8. The lowest BCUT2D eigenvalue weighted by Gasteiger charge is -2.39. The molecule has 1 spiro atoms. The first-order chi connectivity index (χ1) is 11.6. The van der Waals surface area contributed by atoms with Crippen molar-refractivity contribution in [3.05, 3.63) is 11.7 Å². The van der Waals surface area contributed by atoms with Gasteiger partial charge in [-0.2, -0.15) is 4.98 Å². The number of likely N-dealkylation sites (tertiary alicyclic amines) is 2. The second-order valence-electron chi connectivity index (χ2n) is 6.45. The fourth-order valence-corrected chi connectivity index (χ4v) is 3.67. The molecule has 0 radical (unpaired) electrons. The molecule has 2 aliphatic heterocycles. The number of aliphatic hydroxyl groups is 1. The zero-order chi connectivity index (χ0) is 17.2. The number of hydrogen-bond acceptors (Lipinski definition) is 7. The summed E-state index contributed by atoms with van der Waals surface area (Å²) in [5.41, 5.74) is -0.364. The van der Waals surface area contributed by atoms with Gasteiger partial charge in [-0.3, -0.25) is 14.5 Å². The number of carbonyl (C=O) groups excluding carboxylic acids is 2. The van der Waals surface area contributed by atoms with Gasteiger partial charge in [-0.15, -0.1) is 0 Å². The van der Waals surface area contributed by atoms with Crippen LogP contribution in [-0.2, 0) is 11.3 Å². The van der Waals surface area contributed by atoms with E-state index < -0.39 is 0 Å². The first-order valence-electron chi connectivity index (χ1n) is 8.25. The molecule has 24 heavy (non-hydrogen) atoms. The minimum atomic E-state index is -0.384. The molecule has 1 aromatic heterocycles. The van der Waals surface area contributed by atoms with Crippen LogP contribution in [0.25, 0.3) is 0 Å². The molecular weight excluding hydrogens is 314 g/mol. The summed E-state index contributed by atoms with van der Waals surface area (Å²) in [7, 11) is 1.51. The van der Waals surface area contributed by atoms with Crippen LogP contribution < -0.4 is 5.32 Å². The number of β-amino-alcohol motifs (C(OH)–C–C–N with tert-alkyl or cyclic N) is 1. The van der Waals surface area contributed by atoms with Gasteiger partial charge in [0.15, 0.2) is 0 Å². The van der Waals surface area contributed by atoms with E-state index in [2.05, 4.69) is 20.4 Å². The molecule has 0 aliphatic carbocycles. The predicted octanol–water partition coefficient (Wildman–Crippen LogP) is -0.764. The monoisotopic (exact) mass is 337 g/mol. The van der Waals surface area contributed by atoms with Gasteiger partial charge in [0.05, 0.1) is 18.6 Å². The van der Waals surface area contributed by atoms with Gasteiger partial charge >= 0.3 is 0 Å². The molecule has 2 fully saturated rings. The van der Waals surface area contributed by atoms with Crippen LogP contribution >= 0.6 is 0 Å². The predicted molar refractivity (Wildman–Crippen MR) is 82.9 cm³/mol. The van der Waals surface area contributed by atoms with Crippen molar-refractivity contribution in [3.8, 4) is 0 Å². The number of amides is 2. The molecule has 3 heterocycles. The largest absolute Gasteiger partial charge is 0.395 e. The van der Waals surface area contributed by atoms with Crippen molar-refractivity contribution < 1.29 is 19.2 Å². The highest BCUT2D eigenvalue weighted by Crippen LogP contribution is 2.40. The number of rotatable bonds is 5. The molecule has 9 heteroatoms. The second kappa shape index (κ2) is 6.86. The molecule has 2 N–H and O–H groups in total. The summed E-state index contributed by atoms with van der Waals surface area (Å²) >= 11 is 0. The number of nitrogens with one attached hydrogen (secondary N) is 1. The van der Waals surface area contributed by atoms with E-state index in [0.717, 1.165) is 32.4 Å². The van der Waals surface area contributed by atoms with Crippen molar-refractivity contribution in [2.24, 2.45) is 5.41 Å². The fourth-order valence-electron chi connectivity index (χ4n) is 3.67. The maximum absolute atomic E-state index is 12.8. The molecule has 2 amide bonds. The number of aromatic nitrogens is 2. The third-order valence-corrected chi connectivity index (χ3v) is 4.88. The van der Waals surface area contributed by atoms with Crippen LogP contribution in [-0.4, -0.2) is 76.7 Å². The molecule has 9 nitrogen and oxygen atoms in total. The lowest BCUT2D eigenvalue weighted by molar-refractivity contribution is -0.146.